The molecule has 3 aromatic rings. The Morgan fingerprint density at radius 1 is 1.29 bits per heavy atom. The van der Waals surface area contributed by atoms with E-state index in [0.29, 0.717) is 17.2 Å². The number of aromatic nitrogens is 4. The van der Waals surface area contributed by atoms with Crippen LogP contribution in [0.4, 0.5) is 0 Å². The molecule has 0 aliphatic rings. The zero-order valence-electron chi connectivity index (χ0n) is 12.9. The summed E-state index contributed by atoms with van der Waals surface area (Å²) < 4.78 is 25.6. The Kier molecular flexibility index (Phi) is 4.42. The fourth-order valence-corrected chi connectivity index (χ4v) is 3.04. The standard InChI is InChI=1S/C15H15ClN4O3S/c1-24(22,23)8-7-19-14-4-2-3-12(20(14)18-15(19)21)9-11-5-6-13(16)17-10-11/h2-6,10H,7-9H2,1H3. The number of hydrogen-bond acceptors (Lipinski definition) is 5. The van der Waals surface area contributed by atoms with Crippen molar-refractivity contribution in [2.24, 2.45) is 0 Å². The summed E-state index contributed by atoms with van der Waals surface area (Å²) in [5.74, 6) is -0.112. The summed E-state index contributed by atoms with van der Waals surface area (Å²) in [5, 5.41) is 16.5. The van der Waals surface area contributed by atoms with Gasteiger partial charge >= 0.3 is 0 Å². The lowest BCUT2D eigenvalue weighted by molar-refractivity contribution is -0.710. The lowest BCUT2D eigenvalue weighted by Gasteiger charge is -2.03. The minimum atomic E-state index is -3.17. The molecule has 3 rings (SSSR count). The molecule has 0 saturated heterocycles. The summed E-state index contributed by atoms with van der Waals surface area (Å²) in [4.78, 5) is 4.04. The first-order chi connectivity index (χ1) is 11.3. The van der Waals surface area contributed by atoms with Crippen molar-refractivity contribution in [3.05, 3.63) is 52.9 Å². The lowest BCUT2D eigenvalue weighted by atomic mass is 10.1. The molecule has 0 spiro atoms. The van der Waals surface area contributed by atoms with Gasteiger partial charge in [-0.05, 0) is 17.7 Å². The summed E-state index contributed by atoms with van der Waals surface area (Å²) >= 11 is 5.78. The van der Waals surface area contributed by atoms with Crippen molar-refractivity contribution in [3.63, 3.8) is 0 Å². The van der Waals surface area contributed by atoms with Crippen molar-refractivity contribution in [2.75, 3.05) is 12.0 Å². The van der Waals surface area contributed by atoms with E-state index in [1.165, 1.54) is 4.57 Å². The molecule has 0 aromatic carbocycles. The third-order valence-corrected chi connectivity index (χ3v) is 4.72. The SMILES string of the molecule is CS(=O)(=O)CC[n+]1c([O-])nn2c(Cc3ccc(Cl)nc3)cccc21. The highest BCUT2D eigenvalue weighted by Crippen LogP contribution is 2.13. The molecule has 0 aliphatic heterocycles. The second kappa shape index (κ2) is 6.37. The Balaban J connectivity index is 1.97. The van der Waals surface area contributed by atoms with E-state index in [4.69, 9.17) is 11.6 Å². The van der Waals surface area contributed by atoms with Gasteiger partial charge in [0.1, 0.15) is 10.8 Å². The van der Waals surface area contributed by atoms with Gasteiger partial charge in [0.05, 0.1) is 12.3 Å². The summed E-state index contributed by atoms with van der Waals surface area (Å²) in [6.07, 6.45) is 3.33. The maximum absolute atomic E-state index is 12.1. The molecule has 0 amide bonds. The van der Waals surface area contributed by atoms with Crippen LogP contribution in [0.5, 0.6) is 6.01 Å². The number of aryl methyl sites for hydroxylation is 1. The van der Waals surface area contributed by atoms with Crippen LogP contribution in [0.15, 0.2) is 36.5 Å². The van der Waals surface area contributed by atoms with Crippen molar-refractivity contribution in [1.29, 1.82) is 0 Å². The van der Waals surface area contributed by atoms with E-state index in [1.807, 2.05) is 18.2 Å². The molecule has 0 radical (unpaired) electrons. The Labute approximate surface area is 144 Å². The van der Waals surface area contributed by atoms with Gasteiger partial charge in [-0.25, -0.2) is 18.0 Å². The first-order valence-corrected chi connectivity index (χ1v) is 9.63. The molecule has 0 fully saturated rings. The molecule has 126 valence electrons. The van der Waals surface area contributed by atoms with Gasteiger partial charge in [0.15, 0.2) is 9.84 Å². The first kappa shape index (κ1) is 16.7. The van der Waals surface area contributed by atoms with Crippen LogP contribution in [-0.4, -0.2) is 35.0 Å². The monoisotopic (exact) mass is 366 g/mol. The number of rotatable bonds is 5. The molecule has 0 N–H and O–H groups in total. The van der Waals surface area contributed by atoms with Crippen molar-refractivity contribution in [1.82, 2.24) is 14.6 Å². The average Bonchev–Trinajstić information content (AvgIpc) is 2.83. The van der Waals surface area contributed by atoms with Gasteiger partial charge in [-0.1, -0.05) is 28.2 Å². The van der Waals surface area contributed by atoms with Crippen molar-refractivity contribution >= 4 is 27.1 Å². The van der Waals surface area contributed by atoms with E-state index in [2.05, 4.69) is 10.1 Å². The summed E-state index contributed by atoms with van der Waals surface area (Å²) in [7, 11) is -3.17. The summed E-state index contributed by atoms with van der Waals surface area (Å²) in [6.45, 7) is 0.0765. The Hall–Kier alpha value is -2.19. The van der Waals surface area contributed by atoms with Crippen molar-refractivity contribution in [3.8, 4) is 6.01 Å². The first-order valence-electron chi connectivity index (χ1n) is 7.19. The molecule has 9 heteroatoms. The molecular formula is C15H15ClN4O3S. The highest BCUT2D eigenvalue weighted by molar-refractivity contribution is 7.90. The highest BCUT2D eigenvalue weighted by Gasteiger charge is 2.18. The van der Waals surface area contributed by atoms with Crippen LogP contribution < -0.4 is 9.67 Å². The molecule has 0 atom stereocenters. The molecule has 3 heterocycles. The fourth-order valence-electron chi connectivity index (χ4n) is 2.41. The van der Waals surface area contributed by atoms with Gasteiger partial charge in [-0.2, -0.15) is 0 Å². The predicted octanol–water partition coefficient (Wildman–Crippen LogP) is 0.379. The topological polar surface area (TPSA) is 91.3 Å². The number of hydrogen-bond donors (Lipinski definition) is 0. The van der Waals surface area contributed by atoms with Crippen molar-refractivity contribution < 1.29 is 18.1 Å². The van der Waals surface area contributed by atoms with Gasteiger partial charge in [0.25, 0.3) is 5.65 Å². The largest absolute Gasteiger partial charge is 0.818 e. The molecule has 0 saturated carbocycles. The summed E-state index contributed by atoms with van der Waals surface area (Å²) in [6, 6.07) is 8.49. The maximum atomic E-state index is 12.1. The van der Waals surface area contributed by atoms with Crippen LogP contribution in [0, 0.1) is 0 Å². The van der Waals surface area contributed by atoms with E-state index in [0.717, 1.165) is 17.5 Å². The van der Waals surface area contributed by atoms with E-state index in [1.54, 1.807) is 22.8 Å². The zero-order chi connectivity index (χ0) is 17.3. The molecule has 0 unspecified atom stereocenters. The van der Waals surface area contributed by atoms with E-state index in [-0.39, 0.29) is 12.3 Å². The van der Waals surface area contributed by atoms with E-state index < -0.39 is 15.8 Å². The number of nitrogens with zero attached hydrogens (tertiary/aromatic N) is 4. The second-order valence-corrected chi connectivity index (χ2v) is 8.16. The normalized spacial score (nSPS) is 11.9. The molecule has 24 heavy (non-hydrogen) atoms. The maximum Gasteiger partial charge on any atom is 0.265 e. The lowest BCUT2D eigenvalue weighted by Crippen LogP contribution is -2.39. The van der Waals surface area contributed by atoms with Gasteiger partial charge in [0, 0.05) is 30.0 Å². The molecule has 7 nitrogen and oxygen atoms in total. The second-order valence-electron chi connectivity index (χ2n) is 5.52. The van der Waals surface area contributed by atoms with Gasteiger partial charge in [0.2, 0.25) is 6.01 Å². The fraction of sp³-hybridized carbons (Fsp3) is 0.267. The van der Waals surface area contributed by atoms with Crippen LogP contribution in [-0.2, 0) is 22.8 Å². The zero-order valence-corrected chi connectivity index (χ0v) is 14.5. The number of pyridine rings is 2. The molecule has 3 aromatic heterocycles. The number of sulfone groups is 1. The summed E-state index contributed by atoms with van der Waals surface area (Å²) in [5.41, 5.74) is 2.28. The van der Waals surface area contributed by atoms with E-state index in [9.17, 15) is 13.5 Å². The smallest absolute Gasteiger partial charge is 0.265 e. The van der Waals surface area contributed by atoms with Gasteiger partial charge in [-0.3, -0.25) is 0 Å². The Morgan fingerprint density at radius 2 is 2.08 bits per heavy atom. The minimum absolute atomic E-state index is 0.0765. The van der Waals surface area contributed by atoms with E-state index >= 15 is 0 Å². The van der Waals surface area contributed by atoms with Crippen LogP contribution in [0.2, 0.25) is 5.15 Å². The predicted molar refractivity (Wildman–Crippen MR) is 86.6 cm³/mol. The third-order valence-electron chi connectivity index (χ3n) is 3.58. The van der Waals surface area contributed by atoms with Crippen LogP contribution in [0.25, 0.3) is 5.65 Å². The highest BCUT2D eigenvalue weighted by atomic mass is 35.5. The van der Waals surface area contributed by atoms with Gasteiger partial charge < -0.3 is 5.11 Å². The average molecular weight is 367 g/mol. The molecule has 0 aliphatic carbocycles. The Bertz CT molecular complexity index is 984. The number of fused-ring (bicyclic) bond motifs is 1. The van der Waals surface area contributed by atoms with Crippen molar-refractivity contribution in [2.45, 2.75) is 13.0 Å². The Morgan fingerprint density at radius 3 is 2.75 bits per heavy atom. The molecule has 0 bridgehead atoms. The quantitative estimate of drug-likeness (QED) is 0.481. The van der Waals surface area contributed by atoms with Crippen LogP contribution >= 0.6 is 11.6 Å². The molecular weight excluding hydrogens is 352 g/mol. The van der Waals surface area contributed by atoms with Gasteiger partial charge in [-0.15, -0.1) is 0 Å². The minimum Gasteiger partial charge on any atom is -0.818 e. The van der Waals surface area contributed by atoms with Crippen LogP contribution in [0.3, 0.4) is 0 Å². The third kappa shape index (κ3) is 3.65. The number of halogens is 1. The van der Waals surface area contributed by atoms with Crippen LogP contribution in [0.1, 0.15) is 11.3 Å².